The first kappa shape index (κ1) is 19.7. The van der Waals surface area contributed by atoms with E-state index in [1.807, 2.05) is 41.5 Å². The summed E-state index contributed by atoms with van der Waals surface area (Å²) in [5.74, 6) is 0.754. The van der Waals surface area contributed by atoms with Crippen LogP contribution in [0.25, 0.3) is 0 Å². The van der Waals surface area contributed by atoms with Gasteiger partial charge in [0.2, 0.25) is 0 Å². The number of fused-ring (bicyclic) bond motifs is 1. The Balaban J connectivity index is 1.63. The molecular weight excluding hydrogens is 364 g/mol. The number of carbonyl (C=O) groups is 2. The van der Waals surface area contributed by atoms with Gasteiger partial charge in [-0.05, 0) is 69.1 Å². The van der Waals surface area contributed by atoms with Crippen LogP contribution in [0.2, 0.25) is 0 Å². The van der Waals surface area contributed by atoms with Crippen LogP contribution in [0, 0.1) is 19.8 Å². The smallest absolute Gasteiger partial charge is 0.291 e. The quantitative estimate of drug-likeness (QED) is 0.857. The van der Waals surface area contributed by atoms with E-state index in [0.29, 0.717) is 17.4 Å². The highest BCUT2D eigenvalue weighted by Gasteiger charge is 2.31. The monoisotopic (exact) mass is 394 g/mol. The molecule has 6 heteroatoms. The lowest BCUT2D eigenvalue weighted by atomic mass is 9.98. The molecule has 0 atom stereocenters. The standard InChI is InChI=1S/C23H30N4O2/c1-15-9-12-26(13-10-15)23(29)20-19-6-4-5-11-27(19)21(25-20)22(28)24-18-14-16(2)7-8-17(18)3/h7-8,14-15H,4-6,9-13H2,1-3H3,(H,24,28). The molecule has 0 spiro atoms. The second-order valence-electron chi connectivity index (χ2n) is 8.59. The summed E-state index contributed by atoms with van der Waals surface area (Å²) in [6.07, 6.45) is 4.89. The Morgan fingerprint density at radius 1 is 1.10 bits per heavy atom. The number of carbonyl (C=O) groups excluding carboxylic acids is 2. The highest BCUT2D eigenvalue weighted by Crippen LogP contribution is 2.25. The van der Waals surface area contributed by atoms with Crippen LogP contribution in [0.15, 0.2) is 18.2 Å². The molecule has 154 valence electrons. The Morgan fingerprint density at radius 2 is 1.86 bits per heavy atom. The number of hydrogen-bond acceptors (Lipinski definition) is 3. The molecule has 1 saturated heterocycles. The van der Waals surface area contributed by atoms with Crippen molar-refractivity contribution >= 4 is 17.5 Å². The Morgan fingerprint density at radius 3 is 2.62 bits per heavy atom. The number of hydrogen-bond donors (Lipinski definition) is 1. The van der Waals surface area contributed by atoms with Crippen LogP contribution < -0.4 is 5.32 Å². The summed E-state index contributed by atoms with van der Waals surface area (Å²) in [7, 11) is 0. The van der Waals surface area contributed by atoms with Gasteiger partial charge in [0, 0.05) is 25.3 Å². The predicted molar refractivity (Wildman–Crippen MR) is 113 cm³/mol. The van der Waals surface area contributed by atoms with Crippen molar-refractivity contribution in [1.29, 1.82) is 0 Å². The van der Waals surface area contributed by atoms with Gasteiger partial charge in [0.25, 0.3) is 11.8 Å². The van der Waals surface area contributed by atoms with Gasteiger partial charge in [-0.1, -0.05) is 19.1 Å². The zero-order valence-electron chi connectivity index (χ0n) is 17.6. The van der Waals surface area contributed by atoms with E-state index in [1.54, 1.807) is 0 Å². The lowest BCUT2D eigenvalue weighted by molar-refractivity contribution is 0.0690. The number of aryl methyl sites for hydroxylation is 2. The summed E-state index contributed by atoms with van der Waals surface area (Å²) >= 11 is 0. The summed E-state index contributed by atoms with van der Waals surface area (Å²) in [5, 5.41) is 3.01. The minimum atomic E-state index is -0.242. The van der Waals surface area contributed by atoms with Crippen molar-refractivity contribution in [3.8, 4) is 0 Å². The molecule has 1 aromatic carbocycles. The van der Waals surface area contributed by atoms with Crippen LogP contribution >= 0.6 is 0 Å². The summed E-state index contributed by atoms with van der Waals surface area (Å²) in [4.78, 5) is 32.8. The average molecular weight is 395 g/mol. The lowest BCUT2D eigenvalue weighted by Gasteiger charge is -2.30. The first-order valence-electron chi connectivity index (χ1n) is 10.7. The van der Waals surface area contributed by atoms with Crippen LogP contribution in [0.1, 0.15) is 70.5 Å². The molecule has 2 amide bonds. The molecule has 0 unspecified atom stereocenters. The molecule has 0 radical (unpaired) electrons. The van der Waals surface area contributed by atoms with E-state index in [9.17, 15) is 9.59 Å². The van der Waals surface area contributed by atoms with Gasteiger partial charge in [-0.3, -0.25) is 9.59 Å². The molecule has 0 aliphatic carbocycles. The summed E-state index contributed by atoms with van der Waals surface area (Å²) in [6, 6.07) is 5.99. The van der Waals surface area contributed by atoms with Crippen LogP contribution in [0.5, 0.6) is 0 Å². The average Bonchev–Trinajstić information content (AvgIpc) is 3.10. The minimum absolute atomic E-state index is 0.0201. The third-order valence-electron chi connectivity index (χ3n) is 6.24. The van der Waals surface area contributed by atoms with E-state index in [4.69, 9.17) is 0 Å². The molecular formula is C23H30N4O2. The van der Waals surface area contributed by atoms with Gasteiger partial charge in [-0.2, -0.15) is 0 Å². The fraction of sp³-hybridized carbons (Fsp3) is 0.522. The maximum absolute atomic E-state index is 13.2. The second kappa shape index (κ2) is 8.01. The molecule has 3 heterocycles. The molecule has 2 aliphatic rings. The zero-order valence-corrected chi connectivity index (χ0v) is 17.6. The molecule has 1 fully saturated rings. The normalized spacial score (nSPS) is 17.1. The number of amides is 2. The van der Waals surface area contributed by atoms with Gasteiger partial charge >= 0.3 is 0 Å². The van der Waals surface area contributed by atoms with Gasteiger partial charge in [-0.15, -0.1) is 0 Å². The van der Waals surface area contributed by atoms with Crippen molar-refractivity contribution in [3.05, 3.63) is 46.5 Å². The molecule has 2 aliphatic heterocycles. The van der Waals surface area contributed by atoms with Crippen molar-refractivity contribution in [2.45, 2.75) is 59.4 Å². The third kappa shape index (κ3) is 3.93. The van der Waals surface area contributed by atoms with Gasteiger partial charge in [0.1, 0.15) is 5.69 Å². The highest BCUT2D eigenvalue weighted by atomic mass is 16.2. The van der Waals surface area contributed by atoms with Crippen LogP contribution in [0.3, 0.4) is 0 Å². The molecule has 1 N–H and O–H groups in total. The second-order valence-corrected chi connectivity index (χ2v) is 8.59. The molecule has 0 saturated carbocycles. The molecule has 4 rings (SSSR count). The molecule has 6 nitrogen and oxygen atoms in total. The maximum Gasteiger partial charge on any atom is 0.291 e. The number of aromatic nitrogens is 2. The van der Waals surface area contributed by atoms with E-state index >= 15 is 0 Å². The van der Waals surface area contributed by atoms with Crippen molar-refractivity contribution in [1.82, 2.24) is 14.5 Å². The van der Waals surface area contributed by atoms with E-state index in [2.05, 4.69) is 17.2 Å². The van der Waals surface area contributed by atoms with Crippen LogP contribution in [-0.4, -0.2) is 39.4 Å². The van der Waals surface area contributed by atoms with Crippen molar-refractivity contribution in [2.75, 3.05) is 18.4 Å². The van der Waals surface area contributed by atoms with Crippen molar-refractivity contribution in [3.63, 3.8) is 0 Å². The summed E-state index contributed by atoms with van der Waals surface area (Å²) < 4.78 is 1.96. The molecule has 1 aromatic heterocycles. The number of anilines is 1. The van der Waals surface area contributed by atoms with Crippen molar-refractivity contribution < 1.29 is 9.59 Å². The van der Waals surface area contributed by atoms with Gasteiger partial charge in [0.15, 0.2) is 5.82 Å². The number of imidazole rings is 1. The largest absolute Gasteiger partial charge is 0.337 e. The van der Waals surface area contributed by atoms with Crippen LogP contribution in [0.4, 0.5) is 5.69 Å². The fourth-order valence-electron chi connectivity index (χ4n) is 4.30. The molecule has 2 aromatic rings. The number of rotatable bonds is 3. The topological polar surface area (TPSA) is 67.2 Å². The Hall–Kier alpha value is -2.63. The van der Waals surface area contributed by atoms with E-state index in [-0.39, 0.29) is 11.8 Å². The van der Waals surface area contributed by atoms with Gasteiger partial charge < -0.3 is 14.8 Å². The van der Waals surface area contributed by atoms with E-state index in [0.717, 1.165) is 74.2 Å². The number of benzene rings is 1. The lowest BCUT2D eigenvalue weighted by Crippen LogP contribution is -2.38. The SMILES string of the molecule is Cc1ccc(C)c(NC(=O)c2nc(C(=O)N3CCC(C)CC3)c3n2CCCC3)c1. The number of piperidine rings is 1. The molecule has 0 bridgehead atoms. The summed E-state index contributed by atoms with van der Waals surface area (Å²) in [5.41, 5.74) is 4.29. The number of nitrogens with zero attached hydrogens (tertiary/aromatic N) is 3. The van der Waals surface area contributed by atoms with E-state index in [1.165, 1.54) is 0 Å². The number of nitrogens with one attached hydrogen (secondary N) is 1. The zero-order chi connectivity index (χ0) is 20.5. The van der Waals surface area contributed by atoms with Crippen LogP contribution in [-0.2, 0) is 13.0 Å². The van der Waals surface area contributed by atoms with Gasteiger partial charge in [-0.25, -0.2) is 4.98 Å². The van der Waals surface area contributed by atoms with Crippen molar-refractivity contribution in [2.24, 2.45) is 5.92 Å². The van der Waals surface area contributed by atoms with Gasteiger partial charge in [0.05, 0.1) is 5.69 Å². The minimum Gasteiger partial charge on any atom is -0.337 e. The van der Waals surface area contributed by atoms with E-state index < -0.39 is 0 Å². The fourth-order valence-corrected chi connectivity index (χ4v) is 4.30. The third-order valence-corrected chi connectivity index (χ3v) is 6.24. The summed E-state index contributed by atoms with van der Waals surface area (Å²) in [6.45, 7) is 8.50. The Labute approximate surface area is 172 Å². The first-order valence-corrected chi connectivity index (χ1v) is 10.7. The number of likely N-dealkylation sites (tertiary alicyclic amines) is 1. The maximum atomic E-state index is 13.2. The molecule has 29 heavy (non-hydrogen) atoms. The Bertz CT molecular complexity index is 939. The highest BCUT2D eigenvalue weighted by molar-refractivity contribution is 6.04. The first-order chi connectivity index (χ1) is 13.9. The Kier molecular flexibility index (Phi) is 5.43. The predicted octanol–water partition coefficient (Wildman–Crippen LogP) is 3.96.